The summed E-state index contributed by atoms with van der Waals surface area (Å²) < 4.78 is 12.3. The van der Waals surface area contributed by atoms with Crippen LogP contribution in [0.1, 0.15) is 24.0 Å². The molecule has 2 aromatic carbocycles. The molecule has 6 atom stereocenters. The number of ether oxygens (including phenoxy) is 2. The molecule has 2 fully saturated rings. The Balaban J connectivity index is 1.50. The number of anilines is 1. The van der Waals surface area contributed by atoms with Gasteiger partial charge in [-0.1, -0.05) is 78.4 Å². The Bertz CT molecular complexity index is 1390. The van der Waals surface area contributed by atoms with Gasteiger partial charge in [-0.3, -0.25) is 14.4 Å². The highest BCUT2D eigenvalue weighted by molar-refractivity contribution is 6.34. The first-order chi connectivity index (χ1) is 19.9. The number of benzene rings is 2. The lowest BCUT2D eigenvalue weighted by Gasteiger charge is -2.39. The van der Waals surface area contributed by atoms with E-state index in [2.05, 4.69) is 0 Å². The van der Waals surface area contributed by atoms with Gasteiger partial charge in [0.2, 0.25) is 5.91 Å². The smallest absolute Gasteiger partial charge is 0.312 e. The number of esters is 1. The molecule has 41 heavy (non-hydrogen) atoms. The van der Waals surface area contributed by atoms with Crippen molar-refractivity contribution >= 4 is 35.1 Å². The summed E-state index contributed by atoms with van der Waals surface area (Å²) in [5.41, 5.74) is 0.840. The highest BCUT2D eigenvalue weighted by Gasteiger charge is 2.72. The van der Waals surface area contributed by atoms with Gasteiger partial charge in [0, 0.05) is 6.54 Å². The summed E-state index contributed by atoms with van der Waals surface area (Å²) in [5, 5.41) is 11.1. The molecule has 1 N–H and O–H groups in total. The molecule has 0 radical (unpaired) electrons. The number of carbonyl (C=O) groups is 3. The number of nitrogens with zero attached hydrogens (tertiary/aromatic N) is 2. The Labute approximate surface area is 244 Å². The molecule has 2 saturated heterocycles. The van der Waals surface area contributed by atoms with Crippen molar-refractivity contribution in [2.24, 2.45) is 11.8 Å². The zero-order valence-electron chi connectivity index (χ0n) is 22.8. The van der Waals surface area contributed by atoms with Crippen molar-refractivity contribution in [2.75, 3.05) is 24.7 Å². The van der Waals surface area contributed by atoms with Gasteiger partial charge in [-0.25, -0.2) is 0 Å². The van der Waals surface area contributed by atoms with Crippen molar-refractivity contribution in [3.05, 3.63) is 89.0 Å². The quantitative estimate of drug-likeness (QED) is 0.431. The molecule has 2 aromatic rings. The van der Waals surface area contributed by atoms with Crippen LogP contribution < -0.4 is 4.90 Å². The van der Waals surface area contributed by atoms with Crippen LogP contribution in [0, 0.1) is 18.8 Å². The third-order valence-corrected chi connectivity index (χ3v) is 8.97. The minimum absolute atomic E-state index is 0.206. The molecule has 1 unspecified atom stereocenters. The van der Waals surface area contributed by atoms with Crippen LogP contribution in [-0.2, 0) is 30.3 Å². The van der Waals surface area contributed by atoms with Crippen LogP contribution in [-0.4, -0.2) is 71.3 Å². The summed E-state index contributed by atoms with van der Waals surface area (Å²) in [4.78, 5) is 45.7. The van der Waals surface area contributed by atoms with Crippen molar-refractivity contribution in [1.29, 1.82) is 0 Å². The third-order valence-electron chi connectivity index (χ3n) is 8.67. The van der Waals surface area contributed by atoms with E-state index in [1.165, 1.54) is 4.90 Å². The minimum Gasteiger partial charge on any atom is -0.465 e. The second-order valence-electron chi connectivity index (χ2n) is 11.1. The van der Waals surface area contributed by atoms with Crippen LogP contribution in [0.5, 0.6) is 0 Å². The Morgan fingerprint density at radius 1 is 1.07 bits per heavy atom. The number of halogens is 1. The molecule has 4 heterocycles. The van der Waals surface area contributed by atoms with Gasteiger partial charge in [-0.15, -0.1) is 0 Å². The topological polar surface area (TPSA) is 96.4 Å². The van der Waals surface area contributed by atoms with Crippen LogP contribution >= 0.6 is 11.6 Å². The molecule has 9 heteroatoms. The average molecular weight is 577 g/mol. The Morgan fingerprint density at radius 2 is 1.88 bits per heavy atom. The van der Waals surface area contributed by atoms with Gasteiger partial charge >= 0.3 is 5.97 Å². The molecule has 0 aromatic heterocycles. The lowest BCUT2D eigenvalue weighted by Crippen LogP contribution is -2.58. The predicted molar refractivity (Wildman–Crippen MR) is 153 cm³/mol. The molecule has 4 aliphatic heterocycles. The fourth-order valence-corrected chi connectivity index (χ4v) is 7.21. The van der Waals surface area contributed by atoms with Crippen LogP contribution in [0.15, 0.2) is 72.8 Å². The second kappa shape index (κ2) is 11.1. The standard InChI is InChI=1S/C32H33ClN2O6/c1-20-10-8-13-23(33)27(20)34-16-9-15-32-26(25-24(41-32)14-6-3-7-17-40-31(25)39)29(37)35(28(32)30(34)38)22(19-36)18-21-11-4-2-5-12-21/h2,4-6,8-15,22,24-26,28,36H,3,7,16-19H2,1H3/b14-6-/t22-,24-,25+,26+,28?,32+/m1/s1. The second-order valence-corrected chi connectivity index (χ2v) is 11.5. The van der Waals surface area contributed by atoms with Crippen LogP contribution in [0.3, 0.4) is 0 Å². The SMILES string of the molecule is Cc1cccc(Cl)c1N1CC=C[C@]23O[C@@H]4/C=C\CCCOC(=O)[C@@H]4[C@H]2C(=O)N([C@@H](CO)Cc2ccccc2)C3C1=O. The van der Waals surface area contributed by atoms with E-state index in [0.29, 0.717) is 30.0 Å². The summed E-state index contributed by atoms with van der Waals surface area (Å²) in [6.07, 6.45) is 8.34. The van der Waals surface area contributed by atoms with E-state index in [0.717, 1.165) is 11.1 Å². The predicted octanol–water partition coefficient (Wildman–Crippen LogP) is 3.63. The molecular formula is C32H33ClN2O6. The van der Waals surface area contributed by atoms with Crippen molar-refractivity contribution in [3.8, 4) is 0 Å². The fraction of sp³-hybridized carbons (Fsp3) is 0.406. The number of carbonyl (C=O) groups excluding carboxylic acids is 3. The molecule has 4 aliphatic rings. The van der Waals surface area contributed by atoms with E-state index >= 15 is 0 Å². The highest BCUT2D eigenvalue weighted by atomic mass is 35.5. The fourth-order valence-electron chi connectivity index (χ4n) is 6.89. The van der Waals surface area contributed by atoms with Crippen LogP contribution in [0.25, 0.3) is 0 Å². The van der Waals surface area contributed by atoms with Gasteiger partial charge in [0.15, 0.2) is 0 Å². The number of rotatable bonds is 5. The molecule has 1 spiro atoms. The van der Waals surface area contributed by atoms with E-state index < -0.39 is 47.5 Å². The third kappa shape index (κ3) is 4.58. The normalized spacial score (nSPS) is 30.9. The van der Waals surface area contributed by atoms with Crippen molar-refractivity contribution in [3.63, 3.8) is 0 Å². The first-order valence-electron chi connectivity index (χ1n) is 14.1. The summed E-state index contributed by atoms with van der Waals surface area (Å²) >= 11 is 6.63. The summed E-state index contributed by atoms with van der Waals surface area (Å²) in [7, 11) is 0. The maximum atomic E-state index is 14.7. The summed E-state index contributed by atoms with van der Waals surface area (Å²) in [6, 6.07) is 13.1. The molecule has 8 nitrogen and oxygen atoms in total. The maximum Gasteiger partial charge on any atom is 0.312 e. The number of aryl methyl sites for hydroxylation is 1. The Kier molecular flexibility index (Phi) is 7.49. The number of likely N-dealkylation sites (tertiary alicyclic amines) is 1. The molecule has 0 aliphatic carbocycles. The molecule has 0 saturated carbocycles. The number of para-hydroxylation sites is 1. The van der Waals surface area contributed by atoms with Crippen molar-refractivity contribution < 1.29 is 29.0 Å². The van der Waals surface area contributed by atoms with Gasteiger partial charge in [0.25, 0.3) is 5.91 Å². The monoisotopic (exact) mass is 576 g/mol. The number of aliphatic hydroxyl groups excluding tert-OH is 1. The first kappa shape index (κ1) is 27.7. The lowest BCUT2D eigenvalue weighted by molar-refractivity contribution is -0.155. The van der Waals surface area contributed by atoms with E-state index in [4.69, 9.17) is 21.1 Å². The number of hydrogen-bond acceptors (Lipinski definition) is 6. The molecule has 2 amide bonds. The van der Waals surface area contributed by atoms with Crippen molar-refractivity contribution in [1.82, 2.24) is 4.90 Å². The van der Waals surface area contributed by atoms with Crippen LogP contribution in [0.2, 0.25) is 5.02 Å². The van der Waals surface area contributed by atoms with Crippen LogP contribution in [0.4, 0.5) is 5.69 Å². The maximum absolute atomic E-state index is 14.7. The van der Waals surface area contributed by atoms with E-state index in [1.54, 1.807) is 17.0 Å². The van der Waals surface area contributed by atoms with Gasteiger partial charge in [-0.2, -0.15) is 0 Å². The number of allylic oxidation sites excluding steroid dienone is 1. The number of aliphatic hydroxyl groups is 1. The Morgan fingerprint density at radius 3 is 2.63 bits per heavy atom. The van der Waals surface area contributed by atoms with E-state index in [9.17, 15) is 19.5 Å². The summed E-state index contributed by atoms with van der Waals surface area (Å²) in [5.74, 6) is -3.21. The number of amides is 2. The zero-order chi connectivity index (χ0) is 28.7. The molecule has 214 valence electrons. The van der Waals surface area contributed by atoms with Gasteiger partial charge in [0.1, 0.15) is 17.6 Å². The molecule has 6 rings (SSSR count). The molecule has 0 bridgehead atoms. The number of cyclic esters (lactones) is 1. The minimum atomic E-state index is -1.43. The Hall–Kier alpha value is -3.46. The molecular weight excluding hydrogens is 544 g/mol. The van der Waals surface area contributed by atoms with Crippen molar-refractivity contribution in [2.45, 2.75) is 50.0 Å². The number of fused-ring (bicyclic) bond motifs is 2. The highest BCUT2D eigenvalue weighted by Crippen LogP contribution is 2.54. The lowest BCUT2D eigenvalue weighted by atomic mass is 9.78. The average Bonchev–Trinajstić information content (AvgIpc) is 3.38. The largest absolute Gasteiger partial charge is 0.465 e. The van der Waals surface area contributed by atoms with E-state index in [1.807, 2.05) is 67.6 Å². The van der Waals surface area contributed by atoms with Gasteiger partial charge in [-0.05, 0) is 43.4 Å². The van der Waals surface area contributed by atoms with E-state index in [-0.39, 0.29) is 25.7 Å². The van der Waals surface area contributed by atoms with Gasteiger partial charge < -0.3 is 24.4 Å². The van der Waals surface area contributed by atoms with Gasteiger partial charge in [0.05, 0.1) is 42.0 Å². The summed E-state index contributed by atoms with van der Waals surface area (Å²) in [6.45, 7) is 1.95. The zero-order valence-corrected chi connectivity index (χ0v) is 23.6. The number of hydrogen-bond donors (Lipinski definition) is 1. The first-order valence-corrected chi connectivity index (χ1v) is 14.5.